The number of esters is 1. The van der Waals surface area contributed by atoms with E-state index in [0.717, 1.165) is 10.5 Å². The van der Waals surface area contributed by atoms with Gasteiger partial charge in [0.05, 0.1) is 19.0 Å². The van der Waals surface area contributed by atoms with Crippen LogP contribution in [0.25, 0.3) is 10.2 Å². The van der Waals surface area contributed by atoms with Crippen LogP contribution in [0, 0.1) is 12.7 Å². The number of H-pyrrole nitrogens is 1. The van der Waals surface area contributed by atoms with Gasteiger partial charge < -0.3 is 14.6 Å². The number of quaternary nitrogens is 1. The lowest BCUT2D eigenvalue weighted by atomic mass is 10.1. The predicted molar refractivity (Wildman–Crippen MR) is 106 cm³/mol. The van der Waals surface area contributed by atoms with Crippen LogP contribution in [-0.2, 0) is 11.3 Å². The SMILES string of the molecule is CCOC(=O)c1sc2nc([C@@H](C)[NH+](C)Cc3cccc(F)c3)[nH]c(=O)c2c1C. The van der Waals surface area contributed by atoms with Crippen LogP contribution in [-0.4, -0.2) is 29.6 Å². The average Bonchev–Trinajstić information content (AvgIpc) is 2.98. The Morgan fingerprint density at radius 3 is 2.86 bits per heavy atom. The highest BCUT2D eigenvalue weighted by Gasteiger charge is 2.24. The van der Waals surface area contributed by atoms with Crippen molar-refractivity contribution in [1.82, 2.24) is 9.97 Å². The molecule has 0 aliphatic heterocycles. The fourth-order valence-corrected chi connectivity index (χ4v) is 4.19. The third kappa shape index (κ3) is 3.98. The van der Waals surface area contributed by atoms with Crippen molar-refractivity contribution in [3.8, 4) is 0 Å². The van der Waals surface area contributed by atoms with Gasteiger partial charge in [0.2, 0.25) is 0 Å². The summed E-state index contributed by atoms with van der Waals surface area (Å²) in [5, 5.41) is 0.423. The number of nitrogens with one attached hydrogen (secondary N) is 2. The van der Waals surface area contributed by atoms with E-state index in [4.69, 9.17) is 4.74 Å². The molecule has 0 spiro atoms. The second-order valence-electron chi connectivity index (χ2n) is 6.78. The maximum Gasteiger partial charge on any atom is 0.348 e. The molecule has 28 heavy (non-hydrogen) atoms. The third-order valence-electron chi connectivity index (χ3n) is 4.80. The van der Waals surface area contributed by atoms with Crippen LogP contribution in [0.15, 0.2) is 29.1 Å². The minimum Gasteiger partial charge on any atom is -0.462 e. The summed E-state index contributed by atoms with van der Waals surface area (Å²) in [6.45, 7) is 6.27. The Hall–Kier alpha value is -2.58. The number of hydrogen-bond donors (Lipinski definition) is 2. The molecule has 2 atom stereocenters. The van der Waals surface area contributed by atoms with Crippen molar-refractivity contribution >= 4 is 27.5 Å². The second-order valence-corrected chi connectivity index (χ2v) is 7.78. The van der Waals surface area contributed by atoms with E-state index in [2.05, 4.69) is 9.97 Å². The second kappa shape index (κ2) is 8.20. The number of carbonyl (C=O) groups is 1. The number of aromatic nitrogens is 2. The van der Waals surface area contributed by atoms with Gasteiger partial charge in [-0.1, -0.05) is 12.1 Å². The maximum absolute atomic E-state index is 13.4. The van der Waals surface area contributed by atoms with Crippen LogP contribution in [0.2, 0.25) is 0 Å². The number of aryl methyl sites for hydroxylation is 1. The van der Waals surface area contributed by atoms with Gasteiger partial charge in [-0.3, -0.25) is 4.79 Å². The quantitative estimate of drug-likeness (QED) is 0.619. The zero-order chi connectivity index (χ0) is 20.4. The zero-order valence-electron chi connectivity index (χ0n) is 16.3. The number of benzene rings is 1. The van der Waals surface area contributed by atoms with Crippen LogP contribution in [0.4, 0.5) is 4.39 Å². The Balaban J connectivity index is 1.92. The fraction of sp³-hybridized carbons (Fsp3) is 0.350. The zero-order valence-corrected chi connectivity index (χ0v) is 17.1. The van der Waals surface area contributed by atoms with Gasteiger partial charge in [-0.2, -0.15) is 0 Å². The lowest BCUT2D eigenvalue weighted by Crippen LogP contribution is -3.07. The van der Waals surface area contributed by atoms with E-state index in [9.17, 15) is 14.0 Å². The maximum atomic E-state index is 13.4. The Morgan fingerprint density at radius 1 is 1.43 bits per heavy atom. The molecule has 1 unspecified atom stereocenters. The number of nitrogens with zero attached hydrogens (tertiary/aromatic N) is 1. The van der Waals surface area contributed by atoms with E-state index in [1.807, 2.05) is 20.0 Å². The molecule has 6 nitrogen and oxygen atoms in total. The van der Waals surface area contributed by atoms with E-state index in [0.29, 0.717) is 33.0 Å². The largest absolute Gasteiger partial charge is 0.462 e. The smallest absolute Gasteiger partial charge is 0.348 e. The van der Waals surface area contributed by atoms with Crippen molar-refractivity contribution in [2.45, 2.75) is 33.4 Å². The molecule has 148 valence electrons. The van der Waals surface area contributed by atoms with Crippen LogP contribution in [0.5, 0.6) is 0 Å². The molecule has 8 heteroatoms. The van der Waals surface area contributed by atoms with Crippen molar-refractivity contribution in [2.24, 2.45) is 0 Å². The van der Waals surface area contributed by atoms with Gasteiger partial charge in [0.1, 0.15) is 28.1 Å². The Labute approximate surface area is 166 Å². The molecular formula is C20H23FN3O3S+. The lowest BCUT2D eigenvalue weighted by Gasteiger charge is -2.21. The van der Waals surface area contributed by atoms with E-state index in [-0.39, 0.29) is 24.0 Å². The number of fused-ring (bicyclic) bond motifs is 1. The number of thiophene rings is 1. The summed E-state index contributed by atoms with van der Waals surface area (Å²) in [6.07, 6.45) is 0. The first-order valence-electron chi connectivity index (χ1n) is 9.09. The first kappa shape index (κ1) is 20.2. The number of halogens is 1. The van der Waals surface area contributed by atoms with Crippen LogP contribution in [0.1, 0.15) is 46.5 Å². The highest BCUT2D eigenvalue weighted by molar-refractivity contribution is 7.20. The molecule has 3 rings (SSSR count). The van der Waals surface area contributed by atoms with Crippen LogP contribution >= 0.6 is 11.3 Å². The summed E-state index contributed by atoms with van der Waals surface area (Å²) in [7, 11) is 1.96. The standard InChI is InChI=1S/C20H22FN3O3S/c1-5-27-20(26)16-11(2)15-18(25)22-17(23-19(15)28-16)12(3)24(4)10-13-7-6-8-14(21)9-13/h6-9,12H,5,10H2,1-4H3,(H,22,23,25)/p+1/t12-/m1/s1. The van der Waals surface area contributed by atoms with Crippen molar-refractivity contribution in [1.29, 1.82) is 0 Å². The monoisotopic (exact) mass is 404 g/mol. The molecular weight excluding hydrogens is 381 g/mol. The van der Waals surface area contributed by atoms with Gasteiger partial charge in [0, 0.05) is 5.56 Å². The molecule has 0 amide bonds. The van der Waals surface area contributed by atoms with E-state index >= 15 is 0 Å². The van der Waals surface area contributed by atoms with Gasteiger partial charge in [-0.05, 0) is 38.5 Å². The van der Waals surface area contributed by atoms with Gasteiger partial charge in [0.15, 0.2) is 5.82 Å². The Morgan fingerprint density at radius 2 is 2.18 bits per heavy atom. The lowest BCUT2D eigenvalue weighted by molar-refractivity contribution is -0.924. The number of rotatable bonds is 6. The summed E-state index contributed by atoms with van der Waals surface area (Å²) in [5.74, 6) is -0.180. The van der Waals surface area contributed by atoms with Gasteiger partial charge in [-0.15, -0.1) is 11.3 Å². The topological polar surface area (TPSA) is 76.5 Å². The first-order valence-corrected chi connectivity index (χ1v) is 9.90. The van der Waals surface area contributed by atoms with Crippen molar-refractivity contribution < 1.29 is 18.8 Å². The molecule has 0 saturated heterocycles. The number of hydrogen-bond acceptors (Lipinski definition) is 5. The Bertz CT molecular complexity index is 1080. The number of ether oxygens (including phenoxy) is 1. The molecule has 0 aliphatic carbocycles. The fourth-order valence-electron chi connectivity index (χ4n) is 3.11. The molecule has 3 aromatic rings. The molecule has 0 radical (unpaired) electrons. The highest BCUT2D eigenvalue weighted by Crippen LogP contribution is 2.28. The third-order valence-corrected chi connectivity index (χ3v) is 5.97. The molecule has 2 N–H and O–H groups in total. The molecule has 1 aromatic carbocycles. The van der Waals surface area contributed by atoms with Crippen molar-refractivity contribution in [3.05, 3.63) is 62.3 Å². The minimum absolute atomic E-state index is 0.131. The van der Waals surface area contributed by atoms with Crippen LogP contribution in [0.3, 0.4) is 0 Å². The molecule has 2 aromatic heterocycles. The van der Waals surface area contributed by atoms with E-state index in [1.165, 1.54) is 23.5 Å². The van der Waals surface area contributed by atoms with Gasteiger partial charge in [0.25, 0.3) is 5.56 Å². The highest BCUT2D eigenvalue weighted by atomic mass is 32.1. The van der Waals surface area contributed by atoms with Crippen molar-refractivity contribution in [2.75, 3.05) is 13.7 Å². The van der Waals surface area contributed by atoms with E-state index in [1.54, 1.807) is 19.9 Å². The average molecular weight is 404 g/mol. The van der Waals surface area contributed by atoms with E-state index < -0.39 is 5.97 Å². The first-order chi connectivity index (χ1) is 13.3. The Kier molecular flexibility index (Phi) is 5.90. The summed E-state index contributed by atoms with van der Waals surface area (Å²) in [6, 6.07) is 6.33. The molecule has 0 aliphatic rings. The molecule has 0 fully saturated rings. The van der Waals surface area contributed by atoms with Crippen molar-refractivity contribution in [3.63, 3.8) is 0 Å². The number of aromatic amines is 1. The predicted octanol–water partition coefficient (Wildman–Crippen LogP) is 2.38. The molecule has 0 bridgehead atoms. The summed E-state index contributed by atoms with van der Waals surface area (Å²) in [4.78, 5) is 34.2. The normalized spacial score (nSPS) is 13.5. The van der Waals surface area contributed by atoms with Gasteiger partial charge in [-0.25, -0.2) is 14.2 Å². The van der Waals surface area contributed by atoms with Gasteiger partial charge >= 0.3 is 5.97 Å². The molecule has 0 saturated carbocycles. The summed E-state index contributed by atoms with van der Waals surface area (Å²) in [5.41, 5.74) is 1.19. The summed E-state index contributed by atoms with van der Waals surface area (Å²) >= 11 is 1.17. The number of carbonyl (C=O) groups excluding carboxylic acids is 1. The molecule has 2 heterocycles. The van der Waals surface area contributed by atoms with Crippen LogP contribution < -0.4 is 10.5 Å². The summed E-state index contributed by atoms with van der Waals surface area (Å²) < 4.78 is 18.5. The minimum atomic E-state index is -0.439.